The van der Waals surface area contributed by atoms with E-state index >= 15 is 0 Å². The Morgan fingerprint density at radius 1 is 1.06 bits per heavy atom. The SMILES string of the molecule is COc1cc(OC)cc(C2C=CC3CCC[C@H](O[Si](C)(C)C(C)(C)C)[C@@H]3[C@@H]2/C=C/[N+](=O)[O-])c1. The highest BCUT2D eigenvalue weighted by Gasteiger charge is 2.47. The van der Waals surface area contributed by atoms with Gasteiger partial charge in [-0.2, -0.15) is 0 Å². The molecule has 0 heterocycles. The largest absolute Gasteiger partial charge is 0.497 e. The fourth-order valence-electron chi connectivity index (χ4n) is 5.07. The van der Waals surface area contributed by atoms with Crippen LogP contribution in [0.4, 0.5) is 0 Å². The van der Waals surface area contributed by atoms with Crippen molar-refractivity contribution >= 4 is 8.32 Å². The molecule has 7 heteroatoms. The van der Waals surface area contributed by atoms with Gasteiger partial charge in [0.05, 0.1) is 19.1 Å². The molecule has 0 aromatic heterocycles. The summed E-state index contributed by atoms with van der Waals surface area (Å²) in [5, 5.41) is 11.4. The normalized spacial score (nSPS) is 27.9. The van der Waals surface area contributed by atoms with E-state index in [0.717, 1.165) is 42.5 Å². The predicted molar refractivity (Wildman–Crippen MR) is 134 cm³/mol. The lowest BCUT2D eigenvalue weighted by Crippen LogP contribution is -2.50. The highest BCUT2D eigenvalue weighted by Crippen LogP contribution is 2.50. The molecule has 1 aromatic carbocycles. The van der Waals surface area contributed by atoms with Crippen molar-refractivity contribution in [2.24, 2.45) is 17.8 Å². The van der Waals surface area contributed by atoms with Gasteiger partial charge in [-0.1, -0.05) is 39.3 Å². The van der Waals surface area contributed by atoms with E-state index in [1.807, 2.05) is 18.2 Å². The van der Waals surface area contributed by atoms with Crippen molar-refractivity contribution in [2.45, 2.75) is 70.2 Å². The number of rotatable bonds is 7. The van der Waals surface area contributed by atoms with Crippen LogP contribution < -0.4 is 9.47 Å². The summed E-state index contributed by atoms with van der Waals surface area (Å²) in [6.07, 6.45) is 10.8. The molecule has 2 unspecified atom stereocenters. The van der Waals surface area contributed by atoms with E-state index in [4.69, 9.17) is 13.9 Å². The number of methoxy groups -OCH3 is 2. The van der Waals surface area contributed by atoms with Crippen molar-refractivity contribution in [2.75, 3.05) is 14.2 Å². The average Bonchev–Trinajstić information content (AvgIpc) is 2.75. The Kier molecular flexibility index (Phi) is 7.74. The lowest BCUT2D eigenvalue weighted by molar-refractivity contribution is -0.403. The first kappa shape index (κ1) is 25.5. The second-order valence-corrected chi connectivity index (χ2v) is 15.6. The number of allylic oxidation sites excluding steroid dienone is 3. The number of nitro groups is 1. The lowest BCUT2D eigenvalue weighted by atomic mass is 9.62. The molecule has 0 radical (unpaired) electrons. The number of fused-ring (bicyclic) bond motifs is 1. The van der Waals surface area contributed by atoms with Crippen molar-refractivity contribution in [3.63, 3.8) is 0 Å². The summed E-state index contributed by atoms with van der Waals surface area (Å²) in [5.74, 6) is 1.92. The summed E-state index contributed by atoms with van der Waals surface area (Å²) in [5.41, 5.74) is 1.04. The third-order valence-corrected chi connectivity index (χ3v) is 12.3. The zero-order chi connectivity index (χ0) is 24.4. The smallest absolute Gasteiger partial charge is 0.230 e. The lowest BCUT2D eigenvalue weighted by Gasteiger charge is -2.49. The van der Waals surface area contributed by atoms with E-state index in [-0.39, 0.29) is 33.8 Å². The summed E-state index contributed by atoms with van der Waals surface area (Å²) >= 11 is 0. The molecular weight excluding hydrogens is 434 g/mol. The second-order valence-electron chi connectivity index (χ2n) is 10.8. The Hall–Kier alpha value is -2.12. The van der Waals surface area contributed by atoms with E-state index in [1.165, 1.54) is 0 Å². The fraction of sp³-hybridized carbons (Fsp3) is 0.615. The summed E-state index contributed by atoms with van der Waals surface area (Å²) in [7, 11) is 1.28. The van der Waals surface area contributed by atoms with Gasteiger partial charge in [-0.3, -0.25) is 10.1 Å². The van der Waals surface area contributed by atoms with Crippen LogP contribution in [0.2, 0.25) is 18.1 Å². The van der Waals surface area contributed by atoms with Crippen molar-refractivity contribution in [3.05, 3.63) is 58.3 Å². The molecule has 0 bridgehead atoms. The first-order chi connectivity index (χ1) is 15.5. The van der Waals surface area contributed by atoms with Crippen LogP contribution in [0.15, 0.2) is 42.6 Å². The molecule has 2 aliphatic carbocycles. The van der Waals surface area contributed by atoms with Crippen molar-refractivity contribution in [1.82, 2.24) is 0 Å². The first-order valence-corrected chi connectivity index (χ1v) is 14.8. The van der Waals surface area contributed by atoms with Crippen LogP contribution in [-0.4, -0.2) is 33.6 Å². The highest BCUT2D eigenvalue weighted by atomic mass is 28.4. The minimum absolute atomic E-state index is 0.0185. The number of hydrogen-bond donors (Lipinski definition) is 0. The first-order valence-electron chi connectivity index (χ1n) is 11.9. The summed E-state index contributed by atoms with van der Waals surface area (Å²) < 4.78 is 18.0. The molecule has 6 nitrogen and oxygen atoms in total. The van der Waals surface area contributed by atoms with Crippen LogP contribution in [0.1, 0.15) is 51.5 Å². The van der Waals surface area contributed by atoms with Gasteiger partial charge in [0, 0.05) is 18.1 Å². The van der Waals surface area contributed by atoms with Crippen molar-refractivity contribution < 1.29 is 18.8 Å². The average molecular weight is 474 g/mol. The van der Waals surface area contributed by atoms with E-state index in [9.17, 15) is 10.1 Å². The predicted octanol–water partition coefficient (Wildman–Crippen LogP) is 6.57. The van der Waals surface area contributed by atoms with Crippen LogP contribution in [0.3, 0.4) is 0 Å². The van der Waals surface area contributed by atoms with Gasteiger partial charge in [-0.25, -0.2) is 0 Å². The molecule has 182 valence electrons. The second kappa shape index (κ2) is 10.0. The molecule has 3 rings (SSSR count). The van der Waals surface area contributed by atoms with Gasteiger partial charge >= 0.3 is 0 Å². The summed E-state index contributed by atoms with van der Waals surface area (Å²) in [4.78, 5) is 11.0. The minimum Gasteiger partial charge on any atom is -0.497 e. The van der Waals surface area contributed by atoms with Crippen molar-refractivity contribution in [1.29, 1.82) is 0 Å². The van der Waals surface area contributed by atoms with Gasteiger partial charge in [0.1, 0.15) is 11.5 Å². The van der Waals surface area contributed by atoms with E-state index in [0.29, 0.717) is 5.92 Å². The Balaban J connectivity index is 2.05. The molecule has 0 aliphatic heterocycles. The molecule has 2 aliphatic rings. The third kappa shape index (κ3) is 5.69. The zero-order valence-electron chi connectivity index (χ0n) is 21.0. The molecule has 1 fully saturated rings. The van der Waals surface area contributed by atoms with E-state index in [2.05, 4.69) is 46.0 Å². The Morgan fingerprint density at radius 3 is 2.24 bits per heavy atom. The van der Waals surface area contributed by atoms with Crippen LogP contribution in [0, 0.1) is 27.9 Å². The number of ether oxygens (including phenoxy) is 2. The van der Waals surface area contributed by atoms with Gasteiger partial charge in [0.25, 0.3) is 0 Å². The molecule has 0 N–H and O–H groups in total. The van der Waals surface area contributed by atoms with Crippen LogP contribution in [-0.2, 0) is 4.43 Å². The van der Waals surface area contributed by atoms with Crippen LogP contribution in [0.5, 0.6) is 11.5 Å². The Morgan fingerprint density at radius 2 is 1.70 bits per heavy atom. The Labute approximate surface area is 199 Å². The standard InChI is InChI=1S/C26H39NO5Si/c1-26(2,3)33(6,7)32-24-10-8-9-18-11-12-22(23(25(18)24)13-14-27(28)29)19-15-20(30-4)17-21(16-19)31-5/h11-18,22-25H,8-10H2,1-7H3/b14-13+/t18?,22?,23-,24+,25+/m1/s1. The maximum absolute atomic E-state index is 11.3. The molecular formula is C26H39NO5Si. The Bertz CT molecular complexity index is 882. The number of hydrogen-bond acceptors (Lipinski definition) is 5. The molecule has 0 spiro atoms. The molecule has 5 atom stereocenters. The van der Waals surface area contributed by atoms with Crippen LogP contribution >= 0.6 is 0 Å². The minimum atomic E-state index is -2.00. The number of nitrogens with zero attached hydrogens (tertiary/aromatic N) is 1. The molecule has 0 saturated heterocycles. The molecule has 33 heavy (non-hydrogen) atoms. The maximum Gasteiger partial charge on any atom is 0.230 e. The van der Waals surface area contributed by atoms with Gasteiger partial charge in [0.15, 0.2) is 8.32 Å². The topological polar surface area (TPSA) is 70.8 Å². The quantitative estimate of drug-likeness (QED) is 0.194. The van der Waals surface area contributed by atoms with Gasteiger partial charge in [-0.15, -0.1) is 0 Å². The monoisotopic (exact) mass is 473 g/mol. The summed E-state index contributed by atoms with van der Waals surface area (Å²) in [6, 6.07) is 5.87. The summed E-state index contributed by atoms with van der Waals surface area (Å²) in [6.45, 7) is 11.4. The van der Waals surface area contributed by atoms with Crippen LogP contribution in [0.25, 0.3) is 0 Å². The van der Waals surface area contributed by atoms with E-state index < -0.39 is 8.32 Å². The van der Waals surface area contributed by atoms with E-state index in [1.54, 1.807) is 20.3 Å². The number of benzene rings is 1. The van der Waals surface area contributed by atoms with Crippen molar-refractivity contribution in [3.8, 4) is 11.5 Å². The van der Waals surface area contributed by atoms with Gasteiger partial charge in [-0.05, 0) is 72.5 Å². The maximum atomic E-state index is 11.3. The van der Waals surface area contributed by atoms with Gasteiger partial charge in [0.2, 0.25) is 6.20 Å². The zero-order valence-corrected chi connectivity index (χ0v) is 22.0. The van der Waals surface area contributed by atoms with Gasteiger partial charge < -0.3 is 13.9 Å². The fourth-order valence-corrected chi connectivity index (χ4v) is 6.45. The molecule has 1 saturated carbocycles. The highest BCUT2D eigenvalue weighted by molar-refractivity contribution is 6.74. The molecule has 1 aromatic rings. The molecule has 0 amide bonds. The third-order valence-electron chi connectivity index (χ3n) is 7.82.